The molecule has 1 N–H and O–H groups in total. The van der Waals surface area contributed by atoms with Crippen molar-refractivity contribution < 1.29 is 9.47 Å². The minimum absolute atomic E-state index is 0.00201. The van der Waals surface area contributed by atoms with Crippen LogP contribution in [0.1, 0.15) is 31.2 Å². The summed E-state index contributed by atoms with van der Waals surface area (Å²) in [6, 6.07) is 12.1. The quantitative estimate of drug-likeness (QED) is 0.832. The van der Waals surface area contributed by atoms with Crippen LogP contribution >= 0.6 is 0 Å². The Morgan fingerprint density at radius 3 is 2.63 bits per heavy atom. The van der Waals surface area contributed by atoms with Gasteiger partial charge in [0, 0.05) is 6.20 Å². The van der Waals surface area contributed by atoms with Gasteiger partial charge in [-0.3, -0.25) is 5.10 Å². The van der Waals surface area contributed by atoms with Gasteiger partial charge in [-0.1, -0.05) is 30.3 Å². The van der Waals surface area contributed by atoms with E-state index in [1.807, 2.05) is 38.1 Å². The van der Waals surface area contributed by atoms with Crippen molar-refractivity contribution in [2.45, 2.75) is 32.7 Å². The van der Waals surface area contributed by atoms with Gasteiger partial charge in [0.2, 0.25) is 0 Å². The molecule has 0 bridgehead atoms. The van der Waals surface area contributed by atoms with Crippen molar-refractivity contribution in [2.24, 2.45) is 0 Å². The van der Waals surface area contributed by atoms with E-state index < -0.39 is 0 Å². The highest BCUT2D eigenvalue weighted by atomic mass is 16.5. The third-order valence-electron chi connectivity index (χ3n) is 2.86. The predicted molar refractivity (Wildman–Crippen MR) is 73.6 cm³/mol. The average Bonchev–Trinajstić information content (AvgIpc) is 2.94. The molecular formula is C15H20N2O2. The SMILES string of the molecule is CC(COCc1ccccc1)OC(C)c1ccn[nH]1. The normalized spacial score (nSPS) is 14.2. The number of hydrogen-bond acceptors (Lipinski definition) is 3. The summed E-state index contributed by atoms with van der Waals surface area (Å²) in [6.45, 7) is 5.21. The smallest absolute Gasteiger partial charge is 0.0965 e. The van der Waals surface area contributed by atoms with Crippen LogP contribution < -0.4 is 0 Å². The second-order valence-corrected chi connectivity index (χ2v) is 4.60. The maximum absolute atomic E-state index is 5.84. The zero-order chi connectivity index (χ0) is 13.5. The first-order valence-electron chi connectivity index (χ1n) is 6.52. The molecule has 0 saturated heterocycles. The minimum Gasteiger partial charge on any atom is -0.374 e. The second kappa shape index (κ2) is 7.07. The molecule has 2 unspecified atom stereocenters. The number of nitrogens with zero attached hydrogens (tertiary/aromatic N) is 1. The van der Waals surface area contributed by atoms with Gasteiger partial charge in [-0.25, -0.2) is 0 Å². The number of H-pyrrole nitrogens is 1. The zero-order valence-corrected chi connectivity index (χ0v) is 11.4. The van der Waals surface area contributed by atoms with Gasteiger partial charge in [-0.2, -0.15) is 5.10 Å². The molecule has 1 heterocycles. The second-order valence-electron chi connectivity index (χ2n) is 4.60. The monoisotopic (exact) mass is 260 g/mol. The Labute approximate surface area is 113 Å². The van der Waals surface area contributed by atoms with Gasteiger partial charge in [0.1, 0.15) is 0 Å². The molecule has 0 fully saturated rings. The number of ether oxygens (including phenoxy) is 2. The van der Waals surface area contributed by atoms with Crippen molar-refractivity contribution in [1.82, 2.24) is 10.2 Å². The third-order valence-corrected chi connectivity index (χ3v) is 2.86. The Morgan fingerprint density at radius 1 is 1.16 bits per heavy atom. The summed E-state index contributed by atoms with van der Waals surface area (Å²) in [5, 5.41) is 6.82. The molecule has 0 saturated carbocycles. The van der Waals surface area contributed by atoms with Crippen LogP contribution in [0.4, 0.5) is 0 Å². The fraction of sp³-hybridized carbons (Fsp3) is 0.400. The van der Waals surface area contributed by atoms with E-state index in [0.29, 0.717) is 13.2 Å². The highest BCUT2D eigenvalue weighted by molar-refractivity contribution is 5.13. The molecule has 0 aliphatic rings. The van der Waals surface area contributed by atoms with Gasteiger partial charge in [0.05, 0.1) is 31.1 Å². The molecule has 2 rings (SSSR count). The van der Waals surface area contributed by atoms with Crippen LogP contribution in [-0.2, 0) is 16.1 Å². The molecule has 0 amide bonds. The number of benzene rings is 1. The standard InChI is InChI=1S/C15H20N2O2/c1-12(19-13(2)15-8-9-16-17-15)10-18-11-14-6-4-3-5-7-14/h3-9,12-13H,10-11H2,1-2H3,(H,16,17). The van der Waals surface area contributed by atoms with Crippen LogP contribution in [0.25, 0.3) is 0 Å². The first-order valence-corrected chi connectivity index (χ1v) is 6.52. The van der Waals surface area contributed by atoms with Crippen molar-refractivity contribution in [2.75, 3.05) is 6.61 Å². The van der Waals surface area contributed by atoms with E-state index in [1.54, 1.807) is 6.20 Å². The molecule has 102 valence electrons. The minimum atomic E-state index is -0.00201. The summed E-state index contributed by atoms with van der Waals surface area (Å²) in [7, 11) is 0. The Balaban J connectivity index is 1.69. The number of aromatic nitrogens is 2. The zero-order valence-electron chi connectivity index (χ0n) is 11.4. The van der Waals surface area contributed by atoms with Crippen LogP contribution in [0.2, 0.25) is 0 Å². The Kier molecular flexibility index (Phi) is 5.12. The van der Waals surface area contributed by atoms with Crippen molar-refractivity contribution in [3.63, 3.8) is 0 Å². The maximum Gasteiger partial charge on any atom is 0.0965 e. The van der Waals surface area contributed by atoms with Crippen molar-refractivity contribution in [1.29, 1.82) is 0 Å². The number of aromatic amines is 1. The molecular weight excluding hydrogens is 240 g/mol. The molecule has 2 atom stereocenters. The highest BCUT2D eigenvalue weighted by Crippen LogP contribution is 2.15. The lowest BCUT2D eigenvalue weighted by Gasteiger charge is -2.18. The van der Waals surface area contributed by atoms with Gasteiger partial charge in [-0.05, 0) is 25.5 Å². The van der Waals surface area contributed by atoms with Crippen molar-refractivity contribution >= 4 is 0 Å². The molecule has 0 aliphatic carbocycles. The maximum atomic E-state index is 5.84. The lowest BCUT2D eigenvalue weighted by Crippen LogP contribution is -2.18. The molecule has 0 aliphatic heterocycles. The highest BCUT2D eigenvalue weighted by Gasteiger charge is 2.11. The van der Waals surface area contributed by atoms with E-state index in [2.05, 4.69) is 22.3 Å². The molecule has 19 heavy (non-hydrogen) atoms. The third kappa shape index (κ3) is 4.50. The summed E-state index contributed by atoms with van der Waals surface area (Å²) in [5.74, 6) is 0. The van der Waals surface area contributed by atoms with Crippen molar-refractivity contribution in [3.05, 3.63) is 53.9 Å². The summed E-state index contributed by atoms with van der Waals surface area (Å²) >= 11 is 0. The van der Waals surface area contributed by atoms with Gasteiger partial charge >= 0.3 is 0 Å². The number of hydrogen-bond donors (Lipinski definition) is 1. The summed E-state index contributed by atoms with van der Waals surface area (Å²) in [4.78, 5) is 0. The molecule has 1 aromatic heterocycles. The van der Waals surface area contributed by atoms with Crippen molar-refractivity contribution in [3.8, 4) is 0 Å². The van der Waals surface area contributed by atoms with E-state index in [1.165, 1.54) is 5.56 Å². The summed E-state index contributed by atoms with van der Waals surface area (Å²) in [5.41, 5.74) is 2.16. The molecule has 1 aromatic carbocycles. The van der Waals surface area contributed by atoms with Gasteiger partial charge < -0.3 is 9.47 Å². The molecule has 4 heteroatoms. The fourth-order valence-corrected chi connectivity index (χ4v) is 1.87. The summed E-state index contributed by atoms with van der Waals surface area (Å²) in [6.07, 6.45) is 1.77. The first kappa shape index (κ1) is 13.8. The van der Waals surface area contributed by atoms with Crippen LogP contribution in [0.3, 0.4) is 0 Å². The van der Waals surface area contributed by atoms with Crippen LogP contribution in [0.15, 0.2) is 42.6 Å². The largest absolute Gasteiger partial charge is 0.374 e. The average molecular weight is 260 g/mol. The van der Waals surface area contributed by atoms with E-state index in [4.69, 9.17) is 9.47 Å². The van der Waals surface area contributed by atoms with Gasteiger partial charge in [-0.15, -0.1) is 0 Å². The number of nitrogens with one attached hydrogen (secondary N) is 1. The lowest BCUT2D eigenvalue weighted by atomic mass is 10.2. The van der Waals surface area contributed by atoms with Crippen LogP contribution in [0.5, 0.6) is 0 Å². The molecule has 2 aromatic rings. The Morgan fingerprint density at radius 2 is 1.95 bits per heavy atom. The lowest BCUT2D eigenvalue weighted by molar-refractivity contribution is -0.0479. The fourth-order valence-electron chi connectivity index (χ4n) is 1.87. The Bertz CT molecular complexity index is 456. The van der Waals surface area contributed by atoms with Gasteiger partial charge in [0.15, 0.2) is 0 Å². The van der Waals surface area contributed by atoms with Crippen LogP contribution in [-0.4, -0.2) is 22.9 Å². The predicted octanol–water partition coefficient (Wildman–Crippen LogP) is 3.09. The van der Waals surface area contributed by atoms with Gasteiger partial charge in [0.25, 0.3) is 0 Å². The number of rotatable bonds is 7. The summed E-state index contributed by atoms with van der Waals surface area (Å²) < 4.78 is 11.5. The molecule has 0 radical (unpaired) electrons. The van der Waals surface area contributed by atoms with Crippen LogP contribution in [0, 0.1) is 0 Å². The van der Waals surface area contributed by atoms with E-state index >= 15 is 0 Å². The molecule has 0 spiro atoms. The van der Waals surface area contributed by atoms with E-state index in [-0.39, 0.29) is 12.2 Å². The first-order chi connectivity index (χ1) is 9.25. The molecule has 4 nitrogen and oxygen atoms in total. The van der Waals surface area contributed by atoms with E-state index in [9.17, 15) is 0 Å². The van der Waals surface area contributed by atoms with E-state index in [0.717, 1.165) is 5.69 Å². The Hall–Kier alpha value is -1.65. The topological polar surface area (TPSA) is 47.1 Å².